The SMILES string of the molecule is COCC(=O)NC[C@@]1(O)COCCN(C(=O)Cc2c(C)nc(N)nc2C)C1. The maximum absolute atomic E-state index is 12.8. The zero-order valence-corrected chi connectivity index (χ0v) is 15.9. The number of aliphatic hydroxyl groups is 1. The average Bonchev–Trinajstić information content (AvgIpc) is 2.79. The number of nitrogens with two attached hydrogens (primary N) is 1. The summed E-state index contributed by atoms with van der Waals surface area (Å²) in [7, 11) is 1.41. The molecular weight excluding hydrogens is 354 g/mol. The predicted molar refractivity (Wildman–Crippen MR) is 96.9 cm³/mol. The van der Waals surface area contributed by atoms with E-state index in [-0.39, 0.29) is 50.5 Å². The minimum atomic E-state index is -1.38. The number of β-amino-alcohol motifs (C(OH)–C–C–N with tert-alkyl or cyclic N) is 1. The van der Waals surface area contributed by atoms with Crippen molar-refractivity contribution in [3.05, 3.63) is 17.0 Å². The molecule has 27 heavy (non-hydrogen) atoms. The first-order chi connectivity index (χ1) is 12.7. The maximum Gasteiger partial charge on any atom is 0.246 e. The van der Waals surface area contributed by atoms with Gasteiger partial charge in [-0.15, -0.1) is 0 Å². The number of hydrogen-bond donors (Lipinski definition) is 3. The maximum atomic E-state index is 12.8. The van der Waals surface area contributed by atoms with Crippen LogP contribution in [0.1, 0.15) is 17.0 Å². The van der Waals surface area contributed by atoms with Crippen molar-refractivity contribution in [3.63, 3.8) is 0 Å². The van der Waals surface area contributed by atoms with Crippen LogP contribution < -0.4 is 11.1 Å². The third-order valence-corrected chi connectivity index (χ3v) is 4.37. The number of hydrogen-bond acceptors (Lipinski definition) is 8. The van der Waals surface area contributed by atoms with Crippen molar-refractivity contribution in [1.82, 2.24) is 20.2 Å². The predicted octanol–water partition coefficient (Wildman–Crippen LogP) is -1.43. The van der Waals surface area contributed by atoms with Crippen LogP contribution in [0, 0.1) is 13.8 Å². The van der Waals surface area contributed by atoms with Gasteiger partial charge in [-0.25, -0.2) is 9.97 Å². The van der Waals surface area contributed by atoms with Crippen molar-refractivity contribution in [1.29, 1.82) is 0 Å². The first kappa shape index (κ1) is 21.0. The monoisotopic (exact) mass is 381 g/mol. The third-order valence-electron chi connectivity index (χ3n) is 4.37. The van der Waals surface area contributed by atoms with Gasteiger partial charge in [-0.1, -0.05) is 0 Å². The Hall–Kier alpha value is -2.30. The quantitative estimate of drug-likeness (QED) is 0.545. The molecule has 150 valence electrons. The molecule has 1 aliphatic heterocycles. The Morgan fingerprint density at radius 2 is 2.04 bits per heavy atom. The van der Waals surface area contributed by atoms with Crippen LogP contribution in [0.2, 0.25) is 0 Å². The number of aryl methyl sites for hydroxylation is 2. The third kappa shape index (κ3) is 5.84. The number of carbonyl (C=O) groups is 2. The standard InChI is InChI=1S/C17H27N5O5/c1-11-13(12(2)21-16(18)20-11)6-15(24)22-4-5-27-10-17(25,9-22)8-19-14(23)7-26-3/h25H,4-10H2,1-3H3,(H,19,23)(H2,18,20,21)/t17-/m0/s1. The van der Waals surface area contributed by atoms with Crippen LogP contribution in [0.4, 0.5) is 5.95 Å². The molecule has 1 saturated heterocycles. The van der Waals surface area contributed by atoms with Gasteiger partial charge >= 0.3 is 0 Å². The smallest absolute Gasteiger partial charge is 0.246 e. The van der Waals surface area contributed by atoms with E-state index in [9.17, 15) is 14.7 Å². The number of nitrogens with zero attached hydrogens (tertiary/aromatic N) is 3. The van der Waals surface area contributed by atoms with Gasteiger partial charge in [0.1, 0.15) is 12.2 Å². The number of amides is 2. The van der Waals surface area contributed by atoms with Crippen molar-refractivity contribution >= 4 is 17.8 Å². The van der Waals surface area contributed by atoms with Gasteiger partial charge in [-0.2, -0.15) is 0 Å². The lowest BCUT2D eigenvalue weighted by molar-refractivity contribution is -0.133. The van der Waals surface area contributed by atoms with Crippen molar-refractivity contribution in [2.45, 2.75) is 25.9 Å². The van der Waals surface area contributed by atoms with E-state index < -0.39 is 5.60 Å². The highest BCUT2D eigenvalue weighted by Gasteiger charge is 2.35. The topological polar surface area (TPSA) is 140 Å². The summed E-state index contributed by atoms with van der Waals surface area (Å²) >= 11 is 0. The molecule has 0 aliphatic carbocycles. The second kappa shape index (κ2) is 9.07. The zero-order chi connectivity index (χ0) is 20.0. The summed E-state index contributed by atoms with van der Waals surface area (Å²) < 4.78 is 10.2. The highest BCUT2D eigenvalue weighted by molar-refractivity contribution is 5.79. The van der Waals surface area contributed by atoms with Gasteiger partial charge in [0, 0.05) is 30.6 Å². The number of rotatable bonds is 6. The molecule has 2 rings (SSSR count). The first-order valence-corrected chi connectivity index (χ1v) is 8.67. The van der Waals surface area contributed by atoms with E-state index in [1.54, 1.807) is 13.8 Å². The summed E-state index contributed by atoms with van der Waals surface area (Å²) in [5.74, 6) is -0.356. The molecule has 1 aliphatic rings. The lowest BCUT2D eigenvalue weighted by atomic mass is 10.0. The molecule has 0 bridgehead atoms. The van der Waals surface area contributed by atoms with E-state index in [1.165, 1.54) is 12.0 Å². The molecule has 0 spiro atoms. The number of methoxy groups -OCH3 is 1. The fourth-order valence-electron chi connectivity index (χ4n) is 2.97. The van der Waals surface area contributed by atoms with Gasteiger partial charge in [-0.05, 0) is 13.8 Å². The van der Waals surface area contributed by atoms with Gasteiger partial charge in [0.15, 0.2) is 0 Å². The van der Waals surface area contributed by atoms with Crippen molar-refractivity contribution in [2.24, 2.45) is 0 Å². The summed E-state index contributed by atoms with van der Waals surface area (Å²) in [5.41, 5.74) is 6.28. The van der Waals surface area contributed by atoms with E-state index >= 15 is 0 Å². The normalized spacial score (nSPS) is 20.2. The number of aromatic nitrogens is 2. The molecule has 0 radical (unpaired) electrons. The number of anilines is 1. The van der Waals surface area contributed by atoms with Crippen molar-refractivity contribution < 1.29 is 24.2 Å². The highest BCUT2D eigenvalue weighted by atomic mass is 16.5. The molecule has 0 saturated carbocycles. The molecular formula is C17H27N5O5. The number of carbonyl (C=O) groups excluding carboxylic acids is 2. The van der Waals surface area contributed by atoms with Gasteiger partial charge in [0.05, 0.1) is 32.7 Å². The second-order valence-corrected chi connectivity index (χ2v) is 6.71. The highest BCUT2D eigenvalue weighted by Crippen LogP contribution is 2.16. The fourth-order valence-corrected chi connectivity index (χ4v) is 2.97. The first-order valence-electron chi connectivity index (χ1n) is 8.67. The molecule has 10 heteroatoms. The van der Waals surface area contributed by atoms with Crippen molar-refractivity contribution in [3.8, 4) is 0 Å². The summed E-state index contributed by atoms with van der Waals surface area (Å²) in [6, 6.07) is 0. The minimum absolute atomic E-state index is 0.0209. The fraction of sp³-hybridized carbons (Fsp3) is 0.647. The molecule has 1 atom stereocenters. The van der Waals surface area contributed by atoms with Crippen LogP contribution in [0.3, 0.4) is 0 Å². The Kier molecular flexibility index (Phi) is 7.05. The van der Waals surface area contributed by atoms with E-state index in [0.717, 1.165) is 5.56 Å². The Morgan fingerprint density at radius 1 is 1.37 bits per heavy atom. The molecule has 0 unspecified atom stereocenters. The molecule has 0 aromatic carbocycles. The molecule has 1 fully saturated rings. The van der Waals surface area contributed by atoms with E-state index in [4.69, 9.17) is 15.2 Å². The lowest BCUT2D eigenvalue weighted by Crippen LogP contribution is -2.54. The van der Waals surface area contributed by atoms with Crippen LogP contribution in [-0.2, 0) is 25.5 Å². The molecule has 1 aromatic rings. The zero-order valence-electron chi connectivity index (χ0n) is 15.9. The number of nitrogen functional groups attached to an aromatic ring is 1. The molecule has 10 nitrogen and oxygen atoms in total. The van der Waals surface area contributed by atoms with Gasteiger partial charge in [-0.3, -0.25) is 9.59 Å². The van der Waals surface area contributed by atoms with Crippen LogP contribution in [-0.4, -0.2) is 84.0 Å². The average molecular weight is 381 g/mol. The van der Waals surface area contributed by atoms with Crippen molar-refractivity contribution in [2.75, 3.05) is 52.3 Å². The molecule has 1 aromatic heterocycles. The van der Waals surface area contributed by atoms with Gasteiger partial charge < -0.3 is 30.5 Å². The van der Waals surface area contributed by atoms with E-state index in [1.807, 2.05) is 0 Å². The molecule has 2 heterocycles. The summed E-state index contributed by atoms with van der Waals surface area (Å²) in [5, 5.41) is 13.4. The summed E-state index contributed by atoms with van der Waals surface area (Å²) in [6.07, 6.45) is 0.101. The van der Waals surface area contributed by atoms with Crippen LogP contribution in [0.25, 0.3) is 0 Å². The van der Waals surface area contributed by atoms with Crippen LogP contribution >= 0.6 is 0 Å². The lowest BCUT2D eigenvalue weighted by Gasteiger charge is -2.31. The second-order valence-electron chi connectivity index (χ2n) is 6.71. The molecule has 4 N–H and O–H groups in total. The number of ether oxygens (including phenoxy) is 2. The number of nitrogens with one attached hydrogen (secondary N) is 1. The Bertz CT molecular complexity index is 675. The largest absolute Gasteiger partial charge is 0.384 e. The minimum Gasteiger partial charge on any atom is -0.384 e. The molecule has 2 amide bonds. The Morgan fingerprint density at radius 3 is 2.67 bits per heavy atom. The Balaban J connectivity index is 2.06. The van der Waals surface area contributed by atoms with Gasteiger partial charge in [0.2, 0.25) is 17.8 Å². The van der Waals surface area contributed by atoms with Crippen LogP contribution in [0.5, 0.6) is 0 Å². The van der Waals surface area contributed by atoms with E-state index in [0.29, 0.717) is 24.5 Å². The van der Waals surface area contributed by atoms with E-state index in [2.05, 4.69) is 15.3 Å². The van der Waals surface area contributed by atoms with Gasteiger partial charge in [0.25, 0.3) is 0 Å². The summed E-state index contributed by atoms with van der Waals surface area (Å²) in [4.78, 5) is 34.1. The Labute approximate surface area is 158 Å². The van der Waals surface area contributed by atoms with Crippen LogP contribution in [0.15, 0.2) is 0 Å². The summed E-state index contributed by atoms with van der Waals surface area (Å²) in [6.45, 7) is 4.14.